The standard InChI is InChI=1S/C35H32F5N5O2/c1-19-10-28-30(11-20(19)2)45(18-43-28)31(17-35(3,39)40)34(47)44-29(14-21-12-23(36)16-24(37)13-21)32-25(6-5-9-42-32)22-7-8-27(38)26(15-22)33(46)41-4/h5-13,15-16,18,29,31H,14,17H2,1-4H3,(H,41,46)(H,44,47)/t29-,31?/m0/s1. The number of aryl methyl sites for hydroxylation is 2. The van der Waals surface area contributed by atoms with Gasteiger partial charge in [0, 0.05) is 31.3 Å². The number of hydrogen-bond donors (Lipinski definition) is 2. The van der Waals surface area contributed by atoms with Gasteiger partial charge in [-0.3, -0.25) is 14.6 Å². The third-order valence-electron chi connectivity index (χ3n) is 7.98. The van der Waals surface area contributed by atoms with Gasteiger partial charge in [-0.2, -0.15) is 0 Å². The summed E-state index contributed by atoms with van der Waals surface area (Å²) in [6.07, 6.45) is 1.70. The largest absolute Gasteiger partial charge is 0.355 e. The summed E-state index contributed by atoms with van der Waals surface area (Å²) in [5.41, 5.74) is 3.67. The summed E-state index contributed by atoms with van der Waals surface area (Å²) in [6.45, 7) is 4.46. The SMILES string of the molecule is CNC(=O)c1cc(-c2cccnc2[C@H](Cc2cc(F)cc(F)c2)NC(=O)C(CC(C)(F)F)n2cnc3cc(C)c(C)cc32)ccc1F. The van der Waals surface area contributed by atoms with Crippen LogP contribution in [0.5, 0.6) is 0 Å². The molecule has 0 aliphatic carbocycles. The Bertz CT molecular complexity index is 1950. The number of pyridine rings is 1. The topological polar surface area (TPSA) is 88.9 Å². The molecule has 2 atom stereocenters. The van der Waals surface area contributed by atoms with Crippen molar-refractivity contribution in [1.29, 1.82) is 0 Å². The summed E-state index contributed by atoms with van der Waals surface area (Å²) in [5, 5.41) is 5.19. The lowest BCUT2D eigenvalue weighted by Crippen LogP contribution is -2.38. The predicted molar refractivity (Wildman–Crippen MR) is 167 cm³/mol. The summed E-state index contributed by atoms with van der Waals surface area (Å²) in [4.78, 5) is 35.3. The molecule has 0 radical (unpaired) electrons. The van der Waals surface area contributed by atoms with Crippen molar-refractivity contribution in [3.8, 4) is 11.1 Å². The number of benzene rings is 3. The van der Waals surface area contributed by atoms with Crippen LogP contribution in [0.3, 0.4) is 0 Å². The van der Waals surface area contributed by atoms with E-state index in [9.17, 15) is 31.5 Å². The molecule has 12 heteroatoms. The van der Waals surface area contributed by atoms with Gasteiger partial charge in [0.15, 0.2) is 0 Å². The number of amides is 2. The van der Waals surface area contributed by atoms with E-state index in [-0.39, 0.29) is 23.2 Å². The maximum Gasteiger partial charge on any atom is 0.254 e. The van der Waals surface area contributed by atoms with Crippen molar-refractivity contribution in [2.75, 3.05) is 7.05 Å². The molecule has 47 heavy (non-hydrogen) atoms. The van der Waals surface area contributed by atoms with E-state index in [1.165, 1.54) is 36.3 Å². The van der Waals surface area contributed by atoms with Gasteiger partial charge in [0.25, 0.3) is 5.91 Å². The minimum absolute atomic E-state index is 0.158. The van der Waals surface area contributed by atoms with E-state index < -0.39 is 53.7 Å². The van der Waals surface area contributed by atoms with Gasteiger partial charge in [-0.25, -0.2) is 26.9 Å². The number of imidazole rings is 1. The molecule has 3 aromatic carbocycles. The fraction of sp³-hybridized carbons (Fsp3) is 0.257. The number of carbonyl (C=O) groups excluding carboxylic acids is 2. The van der Waals surface area contributed by atoms with E-state index in [1.54, 1.807) is 24.3 Å². The van der Waals surface area contributed by atoms with Gasteiger partial charge in [0.1, 0.15) is 23.5 Å². The average Bonchev–Trinajstić information content (AvgIpc) is 3.40. The van der Waals surface area contributed by atoms with Crippen LogP contribution in [-0.4, -0.2) is 39.3 Å². The van der Waals surface area contributed by atoms with E-state index in [0.717, 1.165) is 29.3 Å². The summed E-state index contributed by atoms with van der Waals surface area (Å²) >= 11 is 0. The van der Waals surface area contributed by atoms with Crippen LogP contribution in [0.15, 0.2) is 73.2 Å². The Labute approximate surface area is 267 Å². The van der Waals surface area contributed by atoms with E-state index in [2.05, 4.69) is 20.6 Å². The third kappa shape index (κ3) is 7.48. The Morgan fingerprint density at radius 3 is 2.32 bits per heavy atom. The number of rotatable bonds is 10. The lowest BCUT2D eigenvalue weighted by Gasteiger charge is -2.27. The first kappa shape index (κ1) is 33.2. The first-order valence-electron chi connectivity index (χ1n) is 14.8. The molecule has 0 bridgehead atoms. The number of aromatic nitrogens is 3. The molecule has 2 amide bonds. The molecule has 0 saturated carbocycles. The smallest absolute Gasteiger partial charge is 0.254 e. The fourth-order valence-electron chi connectivity index (χ4n) is 5.58. The second-order valence-electron chi connectivity index (χ2n) is 11.6. The molecule has 2 N–H and O–H groups in total. The van der Waals surface area contributed by atoms with Crippen LogP contribution in [0.25, 0.3) is 22.2 Å². The van der Waals surface area contributed by atoms with E-state index >= 15 is 0 Å². The highest BCUT2D eigenvalue weighted by Gasteiger charge is 2.35. The van der Waals surface area contributed by atoms with Gasteiger partial charge in [0.05, 0.1) is 34.7 Å². The van der Waals surface area contributed by atoms with Crippen molar-refractivity contribution in [2.45, 2.75) is 51.6 Å². The Balaban J connectivity index is 1.62. The third-order valence-corrected chi connectivity index (χ3v) is 7.98. The van der Waals surface area contributed by atoms with Gasteiger partial charge in [0.2, 0.25) is 11.8 Å². The molecule has 0 fully saturated rings. The van der Waals surface area contributed by atoms with Gasteiger partial charge in [-0.05, 0) is 91.9 Å². The second-order valence-corrected chi connectivity index (χ2v) is 11.6. The fourth-order valence-corrected chi connectivity index (χ4v) is 5.58. The van der Waals surface area contributed by atoms with E-state index in [0.29, 0.717) is 35.2 Å². The zero-order valence-corrected chi connectivity index (χ0v) is 26.0. The van der Waals surface area contributed by atoms with Crippen molar-refractivity contribution in [1.82, 2.24) is 25.2 Å². The molecular weight excluding hydrogens is 617 g/mol. The van der Waals surface area contributed by atoms with Gasteiger partial charge >= 0.3 is 0 Å². The van der Waals surface area contributed by atoms with Crippen LogP contribution in [0.2, 0.25) is 0 Å². The van der Waals surface area contributed by atoms with Crippen molar-refractivity contribution in [2.24, 2.45) is 0 Å². The highest BCUT2D eigenvalue weighted by atomic mass is 19.3. The zero-order valence-electron chi connectivity index (χ0n) is 26.0. The first-order valence-corrected chi connectivity index (χ1v) is 14.8. The van der Waals surface area contributed by atoms with E-state index in [4.69, 9.17) is 0 Å². The molecule has 7 nitrogen and oxygen atoms in total. The monoisotopic (exact) mass is 649 g/mol. The van der Waals surface area contributed by atoms with Crippen molar-refractivity contribution in [3.05, 3.63) is 119 Å². The van der Waals surface area contributed by atoms with Gasteiger partial charge in [-0.1, -0.05) is 12.1 Å². The lowest BCUT2D eigenvalue weighted by molar-refractivity contribution is -0.128. The summed E-state index contributed by atoms with van der Waals surface area (Å²) < 4.78 is 73.8. The molecular formula is C35H32F5N5O2. The second kappa shape index (κ2) is 13.3. The number of alkyl halides is 2. The molecule has 0 aliphatic rings. The zero-order chi connectivity index (χ0) is 34.0. The molecule has 5 aromatic rings. The summed E-state index contributed by atoms with van der Waals surface area (Å²) in [6, 6.07) is 11.0. The van der Waals surface area contributed by atoms with E-state index in [1.807, 2.05) is 13.8 Å². The molecule has 0 spiro atoms. The van der Waals surface area contributed by atoms with Crippen molar-refractivity contribution in [3.63, 3.8) is 0 Å². The molecule has 2 aromatic heterocycles. The number of carbonyl (C=O) groups is 2. The highest BCUT2D eigenvalue weighted by molar-refractivity contribution is 5.95. The van der Waals surface area contributed by atoms with Gasteiger partial charge in [-0.15, -0.1) is 0 Å². The van der Waals surface area contributed by atoms with Crippen LogP contribution in [0.4, 0.5) is 22.0 Å². The lowest BCUT2D eigenvalue weighted by atomic mass is 9.94. The maximum absolute atomic E-state index is 14.6. The minimum Gasteiger partial charge on any atom is -0.355 e. The molecule has 244 valence electrons. The first-order chi connectivity index (χ1) is 22.2. The molecule has 1 unspecified atom stereocenters. The number of nitrogens with zero attached hydrogens (tertiary/aromatic N) is 3. The normalized spacial score (nSPS) is 13.0. The van der Waals surface area contributed by atoms with Crippen LogP contribution < -0.4 is 10.6 Å². The highest BCUT2D eigenvalue weighted by Crippen LogP contribution is 2.33. The number of fused-ring (bicyclic) bond motifs is 1. The number of nitrogens with one attached hydrogen (secondary N) is 2. The maximum atomic E-state index is 14.6. The minimum atomic E-state index is -3.26. The number of halogens is 5. The molecule has 2 heterocycles. The van der Waals surface area contributed by atoms with Crippen LogP contribution in [-0.2, 0) is 11.2 Å². The quantitative estimate of drug-likeness (QED) is 0.157. The summed E-state index contributed by atoms with van der Waals surface area (Å²) in [7, 11) is 1.36. The van der Waals surface area contributed by atoms with Crippen LogP contribution >= 0.6 is 0 Å². The van der Waals surface area contributed by atoms with Crippen LogP contribution in [0.1, 0.15) is 58.2 Å². The van der Waals surface area contributed by atoms with Crippen molar-refractivity contribution < 1.29 is 31.5 Å². The Morgan fingerprint density at radius 1 is 0.936 bits per heavy atom. The molecule has 5 rings (SSSR count). The van der Waals surface area contributed by atoms with Crippen molar-refractivity contribution >= 4 is 22.8 Å². The average molecular weight is 650 g/mol. The Hall–Kier alpha value is -5.13. The summed E-state index contributed by atoms with van der Waals surface area (Å²) in [5.74, 6) is -7.21. The molecule has 0 aliphatic heterocycles. The Kier molecular flexibility index (Phi) is 9.41. The molecule has 0 saturated heterocycles. The number of hydrogen-bond acceptors (Lipinski definition) is 4. The Morgan fingerprint density at radius 2 is 1.64 bits per heavy atom. The van der Waals surface area contributed by atoms with Crippen LogP contribution in [0, 0.1) is 31.3 Å². The predicted octanol–water partition coefficient (Wildman–Crippen LogP) is 7.18. The van der Waals surface area contributed by atoms with Gasteiger partial charge < -0.3 is 15.2 Å².